The quantitative estimate of drug-likeness (QED) is 0.163. The lowest BCUT2D eigenvalue weighted by Gasteiger charge is -2.14. The molecule has 6 heteroatoms. The third kappa shape index (κ3) is 5.74. The summed E-state index contributed by atoms with van der Waals surface area (Å²) in [4.78, 5) is 34.4. The van der Waals surface area contributed by atoms with Gasteiger partial charge < -0.3 is 9.47 Å². The van der Waals surface area contributed by atoms with Crippen LogP contribution in [-0.2, 0) is 0 Å². The van der Waals surface area contributed by atoms with Crippen molar-refractivity contribution in [1.29, 1.82) is 0 Å². The molecule has 0 spiro atoms. The van der Waals surface area contributed by atoms with Crippen molar-refractivity contribution in [3.05, 3.63) is 156 Å². The van der Waals surface area contributed by atoms with E-state index < -0.39 is 0 Å². The maximum absolute atomic E-state index is 12.8. The molecule has 0 aliphatic heterocycles. The molecule has 0 radical (unpaired) electrons. The van der Waals surface area contributed by atoms with Crippen LogP contribution in [0.15, 0.2) is 134 Å². The van der Waals surface area contributed by atoms with Gasteiger partial charge in [0.15, 0.2) is 0 Å². The number of carbonyl (C=O) groups is 2. The van der Waals surface area contributed by atoms with Gasteiger partial charge in [-0.05, 0) is 47.5 Å². The summed E-state index contributed by atoms with van der Waals surface area (Å²) in [5, 5.41) is 0. The van der Waals surface area contributed by atoms with E-state index in [9.17, 15) is 9.59 Å². The molecule has 0 amide bonds. The molecule has 6 nitrogen and oxygen atoms in total. The van der Waals surface area contributed by atoms with Crippen LogP contribution in [0.4, 0.5) is 0 Å². The molecule has 0 unspecified atom stereocenters. The van der Waals surface area contributed by atoms with Crippen molar-refractivity contribution in [2.75, 3.05) is 14.2 Å². The first kappa shape index (κ1) is 28.2. The van der Waals surface area contributed by atoms with Crippen molar-refractivity contribution in [2.45, 2.75) is 0 Å². The molecule has 0 atom stereocenters. The molecule has 214 valence electrons. The highest BCUT2D eigenvalue weighted by Gasteiger charge is 2.15. The van der Waals surface area contributed by atoms with Crippen LogP contribution in [0.25, 0.3) is 33.4 Å². The fourth-order valence-corrected chi connectivity index (χ4v) is 5.07. The average Bonchev–Trinajstić information content (AvgIpc) is 3.11. The van der Waals surface area contributed by atoms with Gasteiger partial charge in [-0.15, -0.1) is 0 Å². The van der Waals surface area contributed by atoms with Crippen molar-refractivity contribution in [2.24, 2.45) is 0 Å². The Labute approximate surface area is 255 Å². The highest BCUT2D eigenvalue weighted by atomic mass is 16.5. The van der Waals surface area contributed by atoms with E-state index in [4.69, 9.17) is 9.47 Å². The van der Waals surface area contributed by atoms with E-state index in [0.717, 1.165) is 33.4 Å². The number of hydrogen-bond acceptors (Lipinski definition) is 6. The summed E-state index contributed by atoms with van der Waals surface area (Å²) in [5.74, 6) is 1.11. The number of rotatable bonds is 9. The van der Waals surface area contributed by atoms with Crippen molar-refractivity contribution in [1.82, 2.24) is 9.97 Å². The van der Waals surface area contributed by atoms with E-state index in [1.165, 1.54) is 0 Å². The normalized spacial score (nSPS) is 10.7. The second kappa shape index (κ2) is 12.5. The molecule has 6 rings (SSSR count). The van der Waals surface area contributed by atoms with Gasteiger partial charge >= 0.3 is 0 Å². The van der Waals surface area contributed by atoms with Gasteiger partial charge in [-0.2, -0.15) is 0 Å². The van der Waals surface area contributed by atoms with Crippen molar-refractivity contribution >= 4 is 11.6 Å². The molecule has 0 N–H and O–H groups in total. The first-order valence-electron chi connectivity index (χ1n) is 14.0. The van der Waals surface area contributed by atoms with E-state index in [0.29, 0.717) is 34.0 Å². The Balaban J connectivity index is 1.24. The summed E-state index contributed by atoms with van der Waals surface area (Å²) in [6.07, 6.45) is 3.39. The van der Waals surface area contributed by atoms with Crippen LogP contribution in [0, 0.1) is 0 Å². The topological polar surface area (TPSA) is 78.4 Å². The Kier molecular flexibility index (Phi) is 8.06. The van der Waals surface area contributed by atoms with Gasteiger partial charge in [0.05, 0.1) is 14.2 Å². The van der Waals surface area contributed by atoms with Crippen molar-refractivity contribution in [3.63, 3.8) is 0 Å². The van der Waals surface area contributed by atoms with Gasteiger partial charge in [0, 0.05) is 45.8 Å². The van der Waals surface area contributed by atoms with Crippen LogP contribution in [0.3, 0.4) is 0 Å². The van der Waals surface area contributed by atoms with Gasteiger partial charge in [0.2, 0.25) is 11.6 Å². The van der Waals surface area contributed by atoms with Gasteiger partial charge in [-0.1, -0.05) is 84.9 Å². The molecule has 4 aromatic carbocycles. The number of hydrogen-bond donors (Lipinski definition) is 0. The molecular formula is C38H28N2O4. The summed E-state index contributed by atoms with van der Waals surface area (Å²) in [5.41, 5.74) is 7.27. The maximum Gasteiger partial charge on any atom is 0.211 e. The molecule has 6 aromatic rings. The number of aromatic nitrogens is 2. The molecule has 44 heavy (non-hydrogen) atoms. The zero-order valence-corrected chi connectivity index (χ0v) is 24.2. The highest BCUT2D eigenvalue weighted by Crippen LogP contribution is 2.38. The molecule has 0 bridgehead atoms. The molecule has 0 saturated carbocycles. The van der Waals surface area contributed by atoms with Gasteiger partial charge in [-0.25, -0.2) is 0 Å². The highest BCUT2D eigenvalue weighted by molar-refractivity contribution is 6.08. The first-order chi connectivity index (χ1) is 21.6. The standard InChI is InChI=1S/C38H28N2O4/c1-43-35-21-27(13-17-31(35)29-15-19-33(39-23-29)37(41)25-9-5-3-6-10-25)28-14-18-32(36(22-28)44-2)30-16-20-34(40-24-30)38(42)26-11-7-4-8-12-26/h3-24H,1-2H3. The number of nitrogens with zero attached hydrogens (tertiary/aromatic N) is 2. The summed E-state index contributed by atoms with van der Waals surface area (Å²) in [6, 6.07) is 37.4. The number of pyridine rings is 2. The van der Waals surface area contributed by atoms with E-state index in [1.807, 2.05) is 84.9 Å². The summed E-state index contributed by atoms with van der Waals surface area (Å²) >= 11 is 0. The fourth-order valence-electron chi connectivity index (χ4n) is 5.07. The monoisotopic (exact) mass is 576 g/mol. The van der Waals surface area contributed by atoms with E-state index in [1.54, 1.807) is 63.0 Å². The zero-order valence-electron chi connectivity index (χ0n) is 24.2. The Hall–Kier alpha value is -5.88. The lowest BCUT2D eigenvalue weighted by Crippen LogP contribution is -2.03. The van der Waals surface area contributed by atoms with E-state index in [-0.39, 0.29) is 11.6 Å². The molecule has 0 aliphatic carbocycles. The largest absolute Gasteiger partial charge is 0.496 e. The van der Waals surface area contributed by atoms with Crippen molar-refractivity contribution < 1.29 is 19.1 Å². The third-order valence-electron chi connectivity index (χ3n) is 7.42. The van der Waals surface area contributed by atoms with Crippen LogP contribution < -0.4 is 9.47 Å². The Bertz CT molecular complexity index is 1790. The first-order valence-corrected chi connectivity index (χ1v) is 14.0. The van der Waals surface area contributed by atoms with Gasteiger partial charge in [0.25, 0.3) is 0 Å². The Morgan fingerprint density at radius 2 is 0.864 bits per heavy atom. The van der Waals surface area contributed by atoms with Gasteiger partial charge in [0.1, 0.15) is 22.9 Å². The van der Waals surface area contributed by atoms with Crippen LogP contribution in [0.5, 0.6) is 11.5 Å². The molecule has 0 fully saturated rings. The minimum absolute atomic E-state index is 0.121. The second-order valence-electron chi connectivity index (χ2n) is 10.1. The number of ether oxygens (including phenoxy) is 2. The number of benzene rings is 4. The lowest BCUT2D eigenvalue weighted by molar-refractivity contribution is 0.102. The zero-order chi connectivity index (χ0) is 30.5. The van der Waals surface area contributed by atoms with Crippen LogP contribution >= 0.6 is 0 Å². The van der Waals surface area contributed by atoms with Crippen LogP contribution in [-0.4, -0.2) is 35.8 Å². The molecule has 2 aromatic heterocycles. The van der Waals surface area contributed by atoms with E-state index >= 15 is 0 Å². The number of carbonyl (C=O) groups excluding carboxylic acids is 2. The van der Waals surface area contributed by atoms with Crippen molar-refractivity contribution in [3.8, 4) is 44.9 Å². The summed E-state index contributed by atoms with van der Waals surface area (Å²) in [7, 11) is 3.26. The fraction of sp³-hybridized carbons (Fsp3) is 0.0526. The predicted octanol–water partition coefficient (Wildman–Crippen LogP) is 7.96. The van der Waals surface area contributed by atoms with Gasteiger partial charge in [-0.3, -0.25) is 19.6 Å². The predicted molar refractivity (Wildman–Crippen MR) is 171 cm³/mol. The van der Waals surface area contributed by atoms with E-state index in [2.05, 4.69) is 9.97 Å². The Morgan fingerprint density at radius 1 is 0.477 bits per heavy atom. The molecule has 0 aliphatic rings. The van der Waals surface area contributed by atoms with Crippen LogP contribution in [0.2, 0.25) is 0 Å². The number of methoxy groups -OCH3 is 2. The van der Waals surface area contributed by atoms with Crippen LogP contribution in [0.1, 0.15) is 32.1 Å². The Morgan fingerprint density at radius 3 is 1.20 bits per heavy atom. The summed E-state index contributed by atoms with van der Waals surface area (Å²) in [6.45, 7) is 0. The summed E-state index contributed by atoms with van der Waals surface area (Å²) < 4.78 is 11.5. The molecule has 0 saturated heterocycles. The minimum Gasteiger partial charge on any atom is -0.496 e. The average molecular weight is 577 g/mol. The SMILES string of the molecule is COc1cc(-c2ccc(-c3ccc(C(=O)c4ccccc4)nc3)c(OC)c2)ccc1-c1ccc(C(=O)c2ccccc2)nc1. The maximum atomic E-state index is 12.8. The lowest BCUT2D eigenvalue weighted by atomic mass is 9.97. The molecule has 2 heterocycles. The third-order valence-corrected chi connectivity index (χ3v) is 7.42. The smallest absolute Gasteiger partial charge is 0.211 e. The molecular weight excluding hydrogens is 548 g/mol. The second-order valence-corrected chi connectivity index (χ2v) is 10.1. The number of ketones is 2. The minimum atomic E-state index is -0.121.